The highest BCUT2D eigenvalue weighted by Gasteiger charge is 2.19. The molecule has 0 fully saturated rings. The minimum Gasteiger partial charge on any atom is -0.497 e. The van der Waals surface area contributed by atoms with Crippen LogP contribution in [0.25, 0.3) is 0 Å². The Hall–Kier alpha value is -1.60. The second kappa shape index (κ2) is 5.83. The minimum atomic E-state index is -4.18. The van der Waals surface area contributed by atoms with Crippen LogP contribution >= 0.6 is 0 Å². The Kier molecular flexibility index (Phi) is 4.69. The Morgan fingerprint density at radius 2 is 1.94 bits per heavy atom. The van der Waals surface area contributed by atoms with Crippen molar-refractivity contribution in [3.8, 4) is 5.75 Å². The smallest absolute Gasteiger partial charge is 0.267 e. The molecule has 7 heteroatoms. The maximum atomic E-state index is 11.0. The summed E-state index contributed by atoms with van der Waals surface area (Å²) < 4.78 is 35.6. The SMILES string of the molecule is COc1ccc(C(CS(=O)(=O)O)NC(C)=O)cc1. The summed E-state index contributed by atoms with van der Waals surface area (Å²) in [6.45, 7) is 1.28. The van der Waals surface area contributed by atoms with Crippen molar-refractivity contribution in [1.82, 2.24) is 5.32 Å². The molecule has 1 rings (SSSR count). The van der Waals surface area contributed by atoms with Gasteiger partial charge in [0, 0.05) is 6.92 Å². The monoisotopic (exact) mass is 273 g/mol. The van der Waals surface area contributed by atoms with Crippen molar-refractivity contribution in [2.75, 3.05) is 12.9 Å². The fourth-order valence-corrected chi connectivity index (χ4v) is 2.21. The van der Waals surface area contributed by atoms with Crippen molar-refractivity contribution in [1.29, 1.82) is 0 Å². The van der Waals surface area contributed by atoms with Gasteiger partial charge in [0.1, 0.15) is 5.75 Å². The van der Waals surface area contributed by atoms with Crippen LogP contribution in [0, 0.1) is 0 Å². The van der Waals surface area contributed by atoms with E-state index in [0.717, 1.165) is 0 Å². The lowest BCUT2D eigenvalue weighted by molar-refractivity contribution is -0.119. The van der Waals surface area contributed by atoms with Crippen LogP contribution in [0.15, 0.2) is 24.3 Å². The number of benzene rings is 1. The second-order valence-electron chi connectivity index (χ2n) is 3.77. The van der Waals surface area contributed by atoms with Crippen molar-refractivity contribution >= 4 is 16.0 Å². The average Bonchev–Trinajstić information content (AvgIpc) is 2.26. The van der Waals surface area contributed by atoms with Gasteiger partial charge in [-0.15, -0.1) is 0 Å². The summed E-state index contributed by atoms with van der Waals surface area (Å²) in [5.74, 6) is -0.328. The molecule has 1 amide bonds. The summed E-state index contributed by atoms with van der Waals surface area (Å²) in [5.41, 5.74) is 0.573. The highest BCUT2D eigenvalue weighted by atomic mass is 32.2. The molecule has 6 nitrogen and oxygen atoms in total. The summed E-state index contributed by atoms with van der Waals surface area (Å²) >= 11 is 0. The maximum Gasteiger partial charge on any atom is 0.267 e. The Bertz CT molecular complexity index is 509. The number of carbonyl (C=O) groups excluding carboxylic acids is 1. The molecule has 1 atom stereocenters. The first-order valence-electron chi connectivity index (χ1n) is 5.18. The van der Waals surface area contributed by atoms with Crippen LogP contribution in [0.5, 0.6) is 5.75 Å². The van der Waals surface area contributed by atoms with Gasteiger partial charge >= 0.3 is 0 Å². The first-order valence-corrected chi connectivity index (χ1v) is 6.79. The molecule has 0 spiro atoms. The van der Waals surface area contributed by atoms with Gasteiger partial charge in [0.2, 0.25) is 5.91 Å². The topological polar surface area (TPSA) is 92.7 Å². The first-order chi connectivity index (χ1) is 8.31. The van der Waals surface area contributed by atoms with Crippen molar-refractivity contribution in [3.05, 3.63) is 29.8 Å². The van der Waals surface area contributed by atoms with Gasteiger partial charge in [-0.1, -0.05) is 12.1 Å². The average molecular weight is 273 g/mol. The number of hydrogen-bond acceptors (Lipinski definition) is 4. The third-order valence-corrected chi connectivity index (χ3v) is 3.03. The molecule has 0 radical (unpaired) electrons. The van der Waals surface area contributed by atoms with Gasteiger partial charge in [0.05, 0.1) is 18.9 Å². The van der Waals surface area contributed by atoms with E-state index in [1.165, 1.54) is 14.0 Å². The molecule has 18 heavy (non-hydrogen) atoms. The molecule has 1 aromatic rings. The Labute approximate surface area is 106 Å². The van der Waals surface area contributed by atoms with E-state index >= 15 is 0 Å². The summed E-state index contributed by atoms with van der Waals surface area (Å²) in [4.78, 5) is 11.0. The van der Waals surface area contributed by atoms with Gasteiger partial charge in [-0.05, 0) is 17.7 Å². The Morgan fingerprint density at radius 3 is 2.33 bits per heavy atom. The zero-order valence-electron chi connectivity index (χ0n) is 10.1. The quantitative estimate of drug-likeness (QED) is 0.773. The van der Waals surface area contributed by atoms with Gasteiger partial charge in [-0.2, -0.15) is 8.42 Å². The second-order valence-corrected chi connectivity index (χ2v) is 5.27. The van der Waals surface area contributed by atoms with Crippen molar-refractivity contribution < 1.29 is 22.5 Å². The molecular formula is C11H15NO5S. The molecule has 100 valence electrons. The van der Waals surface area contributed by atoms with Crippen LogP contribution < -0.4 is 10.1 Å². The van der Waals surface area contributed by atoms with E-state index in [1.54, 1.807) is 24.3 Å². The summed E-state index contributed by atoms with van der Waals surface area (Å²) in [6.07, 6.45) is 0. The number of carbonyl (C=O) groups is 1. The summed E-state index contributed by atoms with van der Waals surface area (Å²) in [6, 6.07) is 5.76. The summed E-state index contributed by atoms with van der Waals surface area (Å²) in [5, 5.41) is 2.47. The van der Waals surface area contributed by atoms with Crippen LogP contribution in [0.2, 0.25) is 0 Å². The number of hydrogen-bond donors (Lipinski definition) is 2. The lowest BCUT2D eigenvalue weighted by Gasteiger charge is -2.17. The van der Waals surface area contributed by atoms with Crippen LogP contribution in [-0.4, -0.2) is 31.7 Å². The van der Waals surface area contributed by atoms with E-state index in [9.17, 15) is 13.2 Å². The molecule has 0 aromatic heterocycles. The van der Waals surface area contributed by atoms with Crippen molar-refractivity contribution in [2.24, 2.45) is 0 Å². The van der Waals surface area contributed by atoms with Gasteiger partial charge < -0.3 is 10.1 Å². The van der Waals surface area contributed by atoms with Crippen molar-refractivity contribution in [3.63, 3.8) is 0 Å². The van der Waals surface area contributed by atoms with E-state index in [0.29, 0.717) is 11.3 Å². The van der Waals surface area contributed by atoms with E-state index in [-0.39, 0.29) is 5.91 Å². The van der Waals surface area contributed by atoms with E-state index < -0.39 is 21.9 Å². The first kappa shape index (κ1) is 14.5. The van der Waals surface area contributed by atoms with Crippen LogP contribution in [0.4, 0.5) is 0 Å². The lowest BCUT2D eigenvalue weighted by atomic mass is 10.1. The molecule has 0 saturated heterocycles. The van der Waals surface area contributed by atoms with Crippen LogP contribution in [-0.2, 0) is 14.9 Å². The van der Waals surface area contributed by atoms with E-state index in [2.05, 4.69) is 5.32 Å². The fourth-order valence-electron chi connectivity index (χ4n) is 1.51. The largest absolute Gasteiger partial charge is 0.497 e. The predicted molar refractivity (Wildman–Crippen MR) is 66.0 cm³/mol. The normalized spacial score (nSPS) is 12.8. The molecule has 0 aliphatic rings. The summed E-state index contributed by atoms with van der Waals surface area (Å²) in [7, 11) is -2.67. The van der Waals surface area contributed by atoms with Gasteiger partial charge in [0.25, 0.3) is 10.1 Å². The number of amides is 1. The maximum absolute atomic E-state index is 11.0. The third-order valence-electron chi connectivity index (χ3n) is 2.27. The number of rotatable bonds is 5. The predicted octanol–water partition coefficient (Wildman–Crippen LogP) is 0.760. The number of ether oxygens (including phenoxy) is 1. The third kappa shape index (κ3) is 4.72. The van der Waals surface area contributed by atoms with Gasteiger partial charge in [0.15, 0.2) is 0 Å². The molecule has 0 aliphatic carbocycles. The van der Waals surface area contributed by atoms with E-state index in [1.807, 2.05) is 0 Å². The molecule has 1 unspecified atom stereocenters. The standard InChI is InChI=1S/C11H15NO5S/c1-8(13)12-11(7-18(14,15)16)9-3-5-10(17-2)6-4-9/h3-6,11H,7H2,1-2H3,(H,12,13)(H,14,15,16). The number of nitrogens with one attached hydrogen (secondary N) is 1. The minimum absolute atomic E-state index is 0.375. The van der Waals surface area contributed by atoms with Gasteiger partial charge in [-0.25, -0.2) is 0 Å². The lowest BCUT2D eigenvalue weighted by Crippen LogP contribution is -2.31. The van der Waals surface area contributed by atoms with E-state index in [4.69, 9.17) is 9.29 Å². The molecule has 1 aromatic carbocycles. The van der Waals surface area contributed by atoms with Gasteiger partial charge in [-0.3, -0.25) is 9.35 Å². The fraction of sp³-hybridized carbons (Fsp3) is 0.364. The van der Waals surface area contributed by atoms with Crippen LogP contribution in [0.3, 0.4) is 0 Å². The zero-order chi connectivity index (χ0) is 13.8. The Balaban J connectivity index is 2.97. The molecule has 0 bridgehead atoms. The molecule has 2 N–H and O–H groups in total. The molecular weight excluding hydrogens is 258 g/mol. The van der Waals surface area contributed by atoms with Crippen molar-refractivity contribution in [2.45, 2.75) is 13.0 Å². The molecule has 0 heterocycles. The molecule has 0 saturated carbocycles. The zero-order valence-corrected chi connectivity index (χ0v) is 10.9. The Morgan fingerprint density at radius 1 is 1.39 bits per heavy atom. The molecule has 0 aliphatic heterocycles. The van der Waals surface area contributed by atoms with Crippen LogP contribution in [0.1, 0.15) is 18.5 Å². The number of methoxy groups -OCH3 is 1. The highest BCUT2D eigenvalue weighted by Crippen LogP contribution is 2.19. The highest BCUT2D eigenvalue weighted by molar-refractivity contribution is 7.85.